The number of nitriles is 1. The number of nitrogen functional groups attached to an aromatic ring is 1. The van der Waals surface area contributed by atoms with Gasteiger partial charge in [-0.05, 0) is 48.9 Å². The summed E-state index contributed by atoms with van der Waals surface area (Å²) < 4.78 is 6.41. The zero-order valence-electron chi connectivity index (χ0n) is 12.8. The zero-order valence-corrected chi connectivity index (χ0v) is 12.8. The first-order chi connectivity index (χ1) is 11.1. The van der Waals surface area contributed by atoms with Gasteiger partial charge in [-0.25, -0.2) is 4.79 Å². The van der Waals surface area contributed by atoms with E-state index in [1.165, 1.54) is 7.11 Å². The van der Waals surface area contributed by atoms with Gasteiger partial charge in [-0.15, -0.1) is 0 Å². The summed E-state index contributed by atoms with van der Waals surface area (Å²) in [6.07, 6.45) is 5.18. The fourth-order valence-electron chi connectivity index (χ4n) is 3.16. The lowest BCUT2D eigenvalue weighted by Crippen LogP contribution is -2.14. The Kier molecular flexibility index (Phi) is 3.70. The molecule has 6 heteroatoms. The van der Waals surface area contributed by atoms with Gasteiger partial charge in [0.2, 0.25) is 0 Å². The maximum Gasteiger partial charge on any atom is 0.357 e. The second-order valence-corrected chi connectivity index (χ2v) is 5.55. The molecule has 23 heavy (non-hydrogen) atoms. The Morgan fingerprint density at radius 1 is 1.35 bits per heavy atom. The molecule has 0 aliphatic heterocycles. The van der Waals surface area contributed by atoms with Crippen LogP contribution in [-0.2, 0) is 17.6 Å². The number of phenols is 1. The van der Waals surface area contributed by atoms with Crippen LogP contribution in [0.1, 0.15) is 40.0 Å². The van der Waals surface area contributed by atoms with Gasteiger partial charge in [-0.2, -0.15) is 5.26 Å². The van der Waals surface area contributed by atoms with Crippen molar-refractivity contribution in [1.82, 2.24) is 4.57 Å². The van der Waals surface area contributed by atoms with Crippen LogP contribution < -0.4 is 5.73 Å². The van der Waals surface area contributed by atoms with Crippen LogP contribution >= 0.6 is 0 Å². The van der Waals surface area contributed by atoms with Crippen molar-refractivity contribution >= 4 is 11.7 Å². The number of nitrogens with two attached hydrogens (primary N) is 1. The molecule has 0 radical (unpaired) electrons. The van der Waals surface area contributed by atoms with Crippen molar-refractivity contribution in [2.45, 2.75) is 25.7 Å². The first-order valence-corrected chi connectivity index (χ1v) is 7.41. The van der Waals surface area contributed by atoms with Crippen molar-refractivity contribution in [3.8, 4) is 17.5 Å². The first-order valence-electron chi connectivity index (χ1n) is 7.41. The van der Waals surface area contributed by atoms with Gasteiger partial charge < -0.3 is 20.1 Å². The normalized spacial score (nSPS) is 13.2. The Balaban J connectivity index is 2.28. The number of carbonyl (C=O) groups is 1. The molecule has 0 fully saturated rings. The summed E-state index contributed by atoms with van der Waals surface area (Å²) >= 11 is 0. The monoisotopic (exact) mass is 311 g/mol. The molecule has 3 N–H and O–H groups in total. The summed E-state index contributed by atoms with van der Waals surface area (Å²) in [7, 11) is 1.28. The second kappa shape index (κ2) is 5.69. The summed E-state index contributed by atoms with van der Waals surface area (Å²) in [6.45, 7) is 0. The van der Waals surface area contributed by atoms with Crippen LogP contribution in [0, 0.1) is 11.3 Å². The van der Waals surface area contributed by atoms with Gasteiger partial charge in [-0.1, -0.05) is 0 Å². The fourth-order valence-corrected chi connectivity index (χ4v) is 3.16. The molecule has 0 amide bonds. The minimum atomic E-state index is -0.596. The van der Waals surface area contributed by atoms with Crippen LogP contribution in [0.15, 0.2) is 18.3 Å². The Morgan fingerprint density at radius 3 is 2.70 bits per heavy atom. The summed E-state index contributed by atoms with van der Waals surface area (Å²) in [4.78, 5) is 12.1. The second-order valence-electron chi connectivity index (χ2n) is 5.55. The van der Waals surface area contributed by atoms with E-state index in [0.29, 0.717) is 0 Å². The largest absolute Gasteiger partial charge is 0.508 e. The molecule has 1 aliphatic rings. The Morgan fingerprint density at radius 2 is 2.04 bits per heavy atom. The minimum absolute atomic E-state index is 0.108. The van der Waals surface area contributed by atoms with E-state index < -0.39 is 5.97 Å². The number of esters is 1. The van der Waals surface area contributed by atoms with Crippen molar-refractivity contribution in [1.29, 1.82) is 5.26 Å². The number of ether oxygens (including phenoxy) is 1. The standard InChI is InChI=1S/C17H17N3O3/c1-23-17(22)16-15(19)10(8-18)9-20(16)13-6-7-14(21)12-5-3-2-4-11(12)13/h6-7,9,21H,2-5,19H2,1H3. The zero-order chi connectivity index (χ0) is 16.6. The number of hydrogen-bond acceptors (Lipinski definition) is 5. The highest BCUT2D eigenvalue weighted by molar-refractivity contribution is 5.96. The molecule has 0 bridgehead atoms. The average Bonchev–Trinajstić information content (AvgIpc) is 2.91. The van der Waals surface area contributed by atoms with Crippen molar-refractivity contribution in [3.63, 3.8) is 0 Å². The van der Waals surface area contributed by atoms with E-state index >= 15 is 0 Å². The van der Waals surface area contributed by atoms with E-state index in [9.17, 15) is 15.2 Å². The van der Waals surface area contributed by atoms with Crippen LogP contribution in [0.5, 0.6) is 5.75 Å². The van der Waals surface area contributed by atoms with Gasteiger partial charge in [0.25, 0.3) is 0 Å². The van der Waals surface area contributed by atoms with Gasteiger partial charge in [0.05, 0.1) is 18.4 Å². The van der Waals surface area contributed by atoms with Crippen LogP contribution in [0.4, 0.5) is 5.69 Å². The number of aromatic nitrogens is 1. The molecule has 2 aromatic rings. The van der Waals surface area contributed by atoms with Crippen molar-refractivity contribution < 1.29 is 14.6 Å². The van der Waals surface area contributed by atoms with Gasteiger partial charge in [0.1, 0.15) is 11.8 Å². The maximum absolute atomic E-state index is 12.1. The van der Waals surface area contributed by atoms with Gasteiger partial charge in [-0.3, -0.25) is 0 Å². The molecule has 6 nitrogen and oxygen atoms in total. The first kappa shape index (κ1) is 15.0. The molecule has 1 aromatic carbocycles. The predicted molar refractivity (Wildman–Crippen MR) is 84.5 cm³/mol. The third-order valence-corrected chi connectivity index (χ3v) is 4.29. The number of fused-ring (bicyclic) bond motifs is 1. The average molecular weight is 311 g/mol. The van der Waals surface area contributed by atoms with Crippen molar-refractivity contribution in [3.05, 3.63) is 40.7 Å². The minimum Gasteiger partial charge on any atom is -0.508 e. The van der Waals surface area contributed by atoms with Gasteiger partial charge >= 0.3 is 5.97 Å². The Bertz CT molecular complexity index is 831. The number of hydrogen-bond donors (Lipinski definition) is 2. The van der Waals surface area contributed by atoms with Crippen LogP contribution in [0.2, 0.25) is 0 Å². The van der Waals surface area contributed by atoms with Gasteiger partial charge in [0.15, 0.2) is 5.69 Å². The van der Waals surface area contributed by atoms with Crippen molar-refractivity contribution in [2.24, 2.45) is 0 Å². The molecule has 0 spiro atoms. The highest BCUT2D eigenvalue weighted by Gasteiger charge is 2.25. The van der Waals surface area contributed by atoms with E-state index in [0.717, 1.165) is 42.5 Å². The number of aromatic hydroxyl groups is 1. The lowest BCUT2D eigenvalue weighted by atomic mass is 9.89. The molecule has 118 valence electrons. The van der Waals surface area contributed by atoms with Crippen molar-refractivity contribution in [2.75, 3.05) is 12.8 Å². The molecule has 1 heterocycles. The number of rotatable bonds is 2. The summed E-state index contributed by atoms with van der Waals surface area (Å²) in [6, 6.07) is 5.35. The number of nitrogens with zero attached hydrogens (tertiary/aromatic N) is 2. The molecule has 1 aromatic heterocycles. The highest BCUT2D eigenvalue weighted by atomic mass is 16.5. The van der Waals surface area contributed by atoms with E-state index in [1.807, 2.05) is 6.07 Å². The number of methoxy groups -OCH3 is 1. The fraction of sp³-hybridized carbons (Fsp3) is 0.294. The molecule has 3 rings (SSSR count). The molecular formula is C17H17N3O3. The lowest BCUT2D eigenvalue weighted by Gasteiger charge is -2.21. The number of benzene rings is 1. The molecule has 0 atom stereocenters. The van der Waals surface area contributed by atoms with E-state index in [-0.39, 0.29) is 22.7 Å². The maximum atomic E-state index is 12.1. The van der Waals surface area contributed by atoms with Gasteiger partial charge in [0, 0.05) is 11.9 Å². The Labute approximate surface area is 133 Å². The predicted octanol–water partition coefficient (Wildman–Crippen LogP) is 2.30. The van der Waals surface area contributed by atoms with E-state index in [4.69, 9.17) is 10.5 Å². The van der Waals surface area contributed by atoms with Crippen LogP contribution in [0.25, 0.3) is 5.69 Å². The van der Waals surface area contributed by atoms with Crippen LogP contribution in [-0.4, -0.2) is 22.8 Å². The number of phenolic OH excluding ortho intramolecular Hbond substituents is 1. The number of carbonyl (C=O) groups excluding carboxylic acids is 1. The summed E-state index contributed by atoms with van der Waals surface area (Å²) in [5.41, 5.74) is 9.06. The van der Waals surface area contributed by atoms with E-state index in [1.54, 1.807) is 22.9 Å². The number of anilines is 1. The molecular weight excluding hydrogens is 294 g/mol. The third-order valence-electron chi connectivity index (χ3n) is 4.29. The molecule has 1 aliphatic carbocycles. The summed E-state index contributed by atoms with van der Waals surface area (Å²) in [5, 5.41) is 19.3. The van der Waals surface area contributed by atoms with E-state index in [2.05, 4.69) is 0 Å². The molecule has 0 unspecified atom stereocenters. The molecule has 0 saturated heterocycles. The highest BCUT2D eigenvalue weighted by Crippen LogP contribution is 2.35. The van der Waals surface area contributed by atoms with Crippen LogP contribution in [0.3, 0.4) is 0 Å². The topological polar surface area (TPSA) is 101 Å². The smallest absolute Gasteiger partial charge is 0.357 e. The molecule has 0 saturated carbocycles. The Hall–Kier alpha value is -2.94. The summed E-state index contributed by atoms with van der Waals surface area (Å²) in [5.74, 6) is -0.328. The SMILES string of the molecule is COC(=O)c1c(N)c(C#N)cn1-c1ccc(O)c2c1CCCC2. The quantitative estimate of drug-likeness (QED) is 0.829. The third kappa shape index (κ3) is 2.30. The lowest BCUT2D eigenvalue weighted by molar-refractivity contribution is 0.0593.